The Labute approximate surface area is 121 Å². The molecule has 0 aliphatic heterocycles. The summed E-state index contributed by atoms with van der Waals surface area (Å²) < 4.78 is 0. The van der Waals surface area contributed by atoms with Crippen molar-refractivity contribution in [3.05, 3.63) is 0 Å². The van der Waals surface area contributed by atoms with Crippen LogP contribution in [0.15, 0.2) is 0 Å². The van der Waals surface area contributed by atoms with Crippen molar-refractivity contribution in [3.8, 4) is 6.07 Å². The molecule has 19 heavy (non-hydrogen) atoms. The summed E-state index contributed by atoms with van der Waals surface area (Å²) in [6, 6.07) is 2.26. The lowest BCUT2D eigenvalue weighted by Crippen LogP contribution is -2.26. The molecule has 0 atom stereocenters. The van der Waals surface area contributed by atoms with Crippen LogP contribution in [0, 0.1) is 11.3 Å². The van der Waals surface area contributed by atoms with Crippen LogP contribution in [0.4, 0.5) is 0 Å². The maximum atomic E-state index is 8.73. The molecule has 0 aromatic carbocycles. The standard InChI is InChI=1S/C17H34N2/c1-3-5-6-7-8-9-10-11-12-13-16-19(15-4-2)17-14-18/h3-13,15-17H2,1-2H3. The summed E-state index contributed by atoms with van der Waals surface area (Å²) in [6.45, 7) is 7.24. The third-order valence-electron chi connectivity index (χ3n) is 3.66. The Morgan fingerprint density at radius 1 is 0.684 bits per heavy atom. The van der Waals surface area contributed by atoms with Crippen LogP contribution in [0.5, 0.6) is 0 Å². The number of rotatable bonds is 14. The largest absolute Gasteiger partial charge is 0.291 e. The van der Waals surface area contributed by atoms with Crippen LogP contribution in [0.2, 0.25) is 0 Å². The highest BCUT2D eigenvalue weighted by molar-refractivity contribution is 4.76. The molecule has 0 aromatic rings. The molecule has 0 heterocycles. The van der Waals surface area contributed by atoms with Crippen molar-refractivity contribution in [1.82, 2.24) is 4.90 Å². The van der Waals surface area contributed by atoms with Crippen molar-refractivity contribution in [3.63, 3.8) is 0 Å². The molecule has 0 spiro atoms. The monoisotopic (exact) mass is 266 g/mol. The van der Waals surface area contributed by atoms with E-state index in [0.29, 0.717) is 6.54 Å². The second kappa shape index (κ2) is 15.5. The van der Waals surface area contributed by atoms with Gasteiger partial charge in [0.25, 0.3) is 0 Å². The SMILES string of the molecule is CCCCCCCCCCCCN(CC#N)CCC. The molecule has 0 N–H and O–H groups in total. The van der Waals surface area contributed by atoms with Gasteiger partial charge in [0.15, 0.2) is 0 Å². The average molecular weight is 266 g/mol. The first-order valence-electron chi connectivity index (χ1n) is 8.44. The minimum atomic E-state index is 0.602. The Hall–Kier alpha value is -0.550. The Morgan fingerprint density at radius 3 is 1.68 bits per heavy atom. The van der Waals surface area contributed by atoms with Crippen LogP contribution < -0.4 is 0 Å². The van der Waals surface area contributed by atoms with Gasteiger partial charge in [-0.25, -0.2) is 0 Å². The molecule has 0 fully saturated rings. The van der Waals surface area contributed by atoms with Crippen molar-refractivity contribution in [1.29, 1.82) is 5.26 Å². The van der Waals surface area contributed by atoms with Crippen molar-refractivity contribution < 1.29 is 0 Å². The second-order valence-corrected chi connectivity index (χ2v) is 5.62. The van der Waals surface area contributed by atoms with E-state index in [4.69, 9.17) is 5.26 Å². The van der Waals surface area contributed by atoms with Crippen molar-refractivity contribution in [2.24, 2.45) is 0 Å². The van der Waals surface area contributed by atoms with E-state index in [-0.39, 0.29) is 0 Å². The third kappa shape index (κ3) is 13.7. The molecule has 112 valence electrons. The summed E-state index contributed by atoms with van der Waals surface area (Å²) in [7, 11) is 0. The molecule has 0 radical (unpaired) electrons. The van der Waals surface area contributed by atoms with Gasteiger partial charge >= 0.3 is 0 Å². The van der Waals surface area contributed by atoms with E-state index in [1.165, 1.54) is 64.2 Å². The minimum Gasteiger partial charge on any atom is -0.291 e. The number of hydrogen-bond donors (Lipinski definition) is 0. The van der Waals surface area contributed by atoms with Crippen molar-refractivity contribution >= 4 is 0 Å². The molecule has 0 aromatic heterocycles. The Balaban J connectivity index is 3.22. The molecule has 0 aliphatic rings. The lowest BCUT2D eigenvalue weighted by molar-refractivity contribution is 0.297. The number of nitriles is 1. The number of unbranched alkanes of at least 4 members (excludes halogenated alkanes) is 9. The molecule has 0 saturated carbocycles. The lowest BCUT2D eigenvalue weighted by atomic mass is 10.1. The van der Waals surface area contributed by atoms with Gasteiger partial charge < -0.3 is 0 Å². The molecule has 0 amide bonds. The molecular weight excluding hydrogens is 232 g/mol. The summed E-state index contributed by atoms with van der Waals surface area (Å²) in [6.07, 6.45) is 15.0. The minimum absolute atomic E-state index is 0.602. The van der Waals surface area contributed by atoms with Crippen LogP contribution >= 0.6 is 0 Å². The van der Waals surface area contributed by atoms with Gasteiger partial charge in [-0.1, -0.05) is 71.6 Å². The van der Waals surface area contributed by atoms with Crippen molar-refractivity contribution in [2.75, 3.05) is 19.6 Å². The topological polar surface area (TPSA) is 27.0 Å². The number of hydrogen-bond acceptors (Lipinski definition) is 2. The van der Waals surface area contributed by atoms with Gasteiger partial charge in [-0.3, -0.25) is 4.90 Å². The summed E-state index contributed by atoms with van der Waals surface area (Å²) in [4.78, 5) is 2.28. The molecule has 0 aliphatic carbocycles. The van der Waals surface area contributed by atoms with E-state index in [1.54, 1.807) is 0 Å². The molecule has 0 saturated heterocycles. The fourth-order valence-electron chi connectivity index (χ4n) is 2.51. The highest BCUT2D eigenvalue weighted by Crippen LogP contribution is 2.10. The highest BCUT2D eigenvalue weighted by atomic mass is 15.1. The van der Waals surface area contributed by atoms with E-state index < -0.39 is 0 Å². The lowest BCUT2D eigenvalue weighted by Gasteiger charge is -2.17. The van der Waals surface area contributed by atoms with Gasteiger partial charge in [0.05, 0.1) is 12.6 Å². The van der Waals surface area contributed by atoms with Gasteiger partial charge in [0.1, 0.15) is 0 Å². The molecule has 0 bridgehead atoms. The predicted molar refractivity (Wildman–Crippen MR) is 84.2 cm³/mol. The summed E-state index contributed by atoms with van der Waals surface area (Å²) in [5.41, 5.74) is 0. The van der Waals surface area contributed by atoms with Crippen LogP contribution in [0.25, 0.3) is 0 Å². The zero-order valence-electron chi connectivity index (χ0n) is 13.3. The van der Waals surface area contributed by atoms with Gasteiger partial charge in [-0.2, -0.15) is 5.26 Å². The summed E-state index contributed by atoms with van der Waals surface area (Å²) >= 11 is 0. The van der Waals surface area contributed by atoms with Crippen LogP contribution in [-0.4, -0.2) is 24.5 Å². The van der Waals surface area contributed by atoms with Crippen LogP contribution in [0.1, 0.15) is 84.5 Å². The van der Waals surface area contributed by atoms with Gasteiger partial charge in [-0.15, -0.1) is 0 Å². The summed E-state index contributed by atoms with van der Waals surface area (Å²) in [5.74, 6) is 0. The maximum Gasteiger partial charge on any atom is 0.0865 e. The molecule has 0 unspecified atom stereocenters. The molecule has 2 nitrogen and oxygen atoms in total. The second-order valence-electron chi connectivity index (χ2n) is 5.62. The molecular formula is C17H34N2. The Morgan fingerprint density at radius 2 is 1.21 bits per heavy atom. The van der Waals surface area contributed by atoms with Crippen LogP contribution in [-0.2, 0) is 0 Å². The summed E-state index contributed by atoms with van der Waals surface area (Å²) in [5, 5.41) is 8.73. The highest BCUT2D eigenvalue weighted by Gasteiger charge is 2.01. The zero-order chi connectivity index (χ0) is 14.2. The normalized spacial score (nSPS) is 10.8. The fourth-order valence-corrected chi connectivity index (χ4v) is 2.51. The smallest absolute Gasteiger partial charge is 0.0865 e. The third-order valence-corrected chi connectivity index (χ3v) is 3.66. The molecule has 2 heteroatoms. The zero-order valence-corrected chi connectivity index (χ0v) is 13.3. The van der Waals surface area contributed by atoms with Gasteiger partial charge in [-0.05, 0) is 25.9 Å². The molecule has 0 rings (SSSR count). The van der Waals surface area contributed by atoms with Crippen LogP contribution in [0.3, 0.4) is 0 Å². The average Bonchev–Trinajstić information content (AvgIpc) is 2.41. The maximum absolute atomic E-state index is 8.73. The predicted octanol–water partition coefficient (Wildman–Crippen LogP) is 5.14. The van der Waals surface area contributed by atoms with E-state index in [1.807, 2.05) is 0 Å². The first kappa shape index (κ1) is 18.4. The Bertz CT molecular complexity index is 208. The van der Waals surface area contributed by atoms with Gasteiger partial charge in [0.2, 0.25) is 0 Å². The van der Waals surface area contributed by atoms with Gasteiger partial charge in [0, 0.05) is 0 Å². The first-order chi connectivity index (χ1) is 9.35. The fraction of sp³-hybridized carbons (Fsp3) is 0.941. The quantitative estimate of drug-likeness (QED) is 0.321. The number of nitrogens with zero attached hydrogens (tertiary/aromatic N) is 2. The Kier molecular flexibility index (Phi) is 15.1. The van der Waals surface area contributed by atoms with Crippen molar-refractivity contribution in [2.45, 2.75) is 84.5 Å². The van der Waals surface area contributed by atoms with E-state index >= 15 is 0 Å². The van der Waals surface area contributed by atoms with E-state index in [9.17, 15) is 0 Å². The van der Waals surface area contributed by atoms with E-state index in [2.05, 4.69) is 24.8 Å². The van der Waals surface area contributed by atoms with E-state index in [0.717, 1.165) is 19.5 Å². The first-order valence-corrected chi connectivity index (χ1v) is 8.44.